The standard InChI is InChI=1S/C21H25F2N5O3/c1-13(20(30)27-17-9-26-19(10-24-17)31-12-14-2-3-14)28-7-6-21(22,23)16(11-28)15-4-5-18(29)25-8-15/h4-5,8-10,13-14,16H,2-3,6-7,11-12H2,1H3,(H,25,29)(H,24,27,30)/t13?,16-/m1/s1. The van der Waals surface area contributed by atoms with Crippen LogP contribution in [0.2, 0.25) is 0 Å². The smallest absolute Gasteiger partial charge is 0.257 e. The van der Waals surface area contributed by atoms with Crippen LogP contribution in [0.15, 0.2) is 35.5 Å². The summed E-state index contributed by atoms with van der Waals surface area (Å²) in [5.74, 6) is -3.12. The van der Waals surface area contributed by atoms with Crippen molar-refractivity contribution in [3.05, 3.63) is 46.6 Å². The molecular formula is C21H25F2N5O3. The highest BCUT2D eigenvalue weighted by Crippen LogP contribution is 2.40. The molecule has 2 N–H and O–H groups in total. The minimum atomic E-state index is -2.92. The Hall–Kier alpha value is -2.88. The molecule has 10 heteroatoms. The lowest BCUT2D eigenvalue weighted by molar-refractivity contribution is -0.125. The van der Waals surface area contributed by atoms with Gasteiger partial charge in [-0.15, -0.1) is 0 Å². The number of alkyl halides is 2. The second-order valence-corrected chi connectivity index (χ2v) is 8.20. The zero-order valence-corrected chi connectivity index (χ0v) is 17.2. The molecular weight excluding hydrogens is 408 g/mol. The van der Waals surface area contributed by atoms with Crippen LogP contribution >= 0.6 is 0 Å². The molecule has 2 fully saturated rings. The van der Waals surface area contributed by atoms with E-state index < -0.39 is 17.9 Å². The van der Waals surface area contributed by atoms with Crippen molar-refractivity contribution in [2.24, 2.45) is 5.92 Å². The molecule has 2 aromatic heterocycles. The molecule has 0 aromatic carbocycles. The maximum absolute atomic E-state index is 14.5. The fourth-order valence-electron chi connectivity index (χ4n) is 3.61. The molecule has 0 spiro atoms. The van der Waals surface area contributed by atoms with Gasteiger partial charge in [0, 0.05) is 31.8 Å². The second-order valence-electron chi connectivity index (χ2n) is 8.20. The largest absolute Gasteiger partial charge is 0.476 e. The summed E-state index contributed by atoms with van der Waals surface area (Å²) >= 11 is 0. The first-order valence-corrected chi connectivity index (χ1v) is 10.4. The van der Waals surface area contributed by atoms with Gasteiger partial charge in [0.25, 0.3) is 5.92 Å². The summed E-state index contributed by atoms with van der Waals surface area (Å²) in [6.45, 7) is 2.37. The Morgan fingerprint density at radius 2 is 2.16 bits per heavy atom. The molecule has 4 rings (SSSR count). The number of carbonyl (C=O) groups excluding carboxylic acids is 1. The Morgan fingerprint density at radius 1 is 1.35 bits per heavy atom. The monoisotopic (exact) mass is 433 g/mol. The van der Waals surface area contributed by atoms with E-state index in [2.05, 4.69) is 20.3 Å². The van der Waals surface area contributed by atoms with Crippen molar-refractivity contribution in [3.63, 3.8) is 0 Å². The number of carbonyl (C=O) groups is 1. The van der Waals surface area contributed by atoms with Gasteiger partial charge in [0.1, 0.15) is 0 Å². The molecule has 8 nitrogen and oxygen atoms in total. The van der Waals surface area contributed by atoms with Crippen LogP contribution in [-0.2, 0) is 4.79 Å². The summed E-state index contributed by atoms with van der Waals surface area (Å²) in [5.41, 5.74) is -0.00731. The second kappa shape index (κ2) is 8.70. The Labute approximate surface area is 178 Å². The van der Waals surface area contributed by atoms with E-state index in [0.29, 0.717) is 24.0 Å². The average Bonchev–Trinajstić information content (AvgIpc) is 3.58. The lowest BCUT2D eigenvalue weighted by atomic mass is 9.87. The van der Waals surface area contributed by atoms with Gasteiger partial charge in [0.05, 0.1) is 31.0 Å². The van der Waals surface area contributed by atoms with Gasteiger partial charge in [-0.25, -0.2) is 18.7 Å². The maximum Gasteiger partial charge on any atom is 0.257 e. The number of likely N-dealkylation sites (tertiary alicyclic amines) is 1. The molecule has 1 saturated carbocycles. The predicted molar refractivity (Wildman–Crippen MR) is 109 cm³/mol. The van der Waals surface area contributed by atoms with Gasteiger partial charge < -0.3 is 15.0 Å². The number of aromatic amines is 1. The topological polar surface area (TPSA) is 100 Å². The molecule has 2 aliphatic rings. The third-order valence-corrected chi connectivity index (χ3v) is 5.84. The van der Waals surface area contributed by atoms with Gasteiger partial charge >= 0.3 is 0 Å². The quantitative estimate of drug-likeness (QED) is 0.696. The summed E-state index contributed by atoms with van der Waals surface area (Å²) in [5, 5.41) is 2.68. The highest BCUT2D eigenvalue weighted by atomic mass is 19.3. The van der Waals surface area contributed by atoms with Crippen molar-refractivity contribution in [2.75, 3.05) is 25.0 Å². The molecule has 1 unspecified atom stereocenters. The Kier molecular flexibility index (Phi) is 5.99. The number of rotatable bonds is 7. The van der Waals surface area contributed by atoms with Crippen molar-refractivity contribution >= 4 is 11.7 Å². The van der Waals surface area contributed by atoms with Gasteiger partial charge in [-0.2, -0.15) is 0 Å². The number of amides is 1. The zero-order chi connectivity index (χ0) is 22.0. The van der Waals surface area contributed by atoms with E-state index in [1.54, 1.807) is 11.8 Å². The van der Waals surface area contributed by atoms with E-state index in [9.17, 15) is 18.4 Å². The molecule has 1 amide bonds. The normalized spacial score (nSPS) is 22.0. The molecule has 2 aromatic rings. The Morgan fingerprint density at radius 3 is 2.81 bits per heavy atom. The first kappa shape index (κ1) is 21.4. The molecule has 0 radical (unpaired) electrons. The summed E-state index contributed by atoms with van der Waals surface area (Å²) in [7, 11) is 0. The van der Waals surface area contributed by atoms with Gasteiger partial charge in [-0.1, -0.05) is 6.07 Å². The van der Waals surface area contributed by atoms with Crippen molar-refractivity contribution in [1.29, 1.82) is 0 Å². The molecule has 3 heterocycles. The van der Waals surface area contributed by atoms with E-state index >= 15 is 0 Å². The van der Waals surface area contributed by atoms with E-state index in [1.807, 2.05) is 0 Å². The number of H-pyrrole nitrogens is 1. The minimum absolute atomic E-state index is 0.00669. The molecule has 0 bridgehead atoms. The number of hydrogen-bond donors (Lipinski definition) is 2. The van der Waals surface area contributed by atoms with E-state index in [1.165, 1.54) is 43.6 Å². The number of anilines is 1. The SMILES string of the molecule is CC(C(=O)Nc1cnc(OCC2CC2)cn1)N1CCC(F)(F)[C@@H](c2ccc(=O)[nH]c2)C1. The van der Waals surface area contributed by atoms with E-state index in [-0.39, 0.29) is 36.8 Å². The van der Waals surface area contributed by atoms with Gasteiger partial charge in [0.15, 0.2) is 5.82 Å². The van der Waals surface area contributed by atoms with Crippen molar-refractivity contribution in [3.8, 4) is 5.88 Å². The van der Waals surface area contributed by atoms with Crippen LogP contribution in [0.3, 0.4) is 0 Å². The van der Waals surface area contributed by atoms with E-state index in [4.69, 9.17) is 4.74 Å². The molecule has 2 atom stereocenters. The first-order chi connectivity index (χ1) is 14.8. The molecule has 166 valence electrons. The number of piperidine rings is 1. The molecule has 1 aliphatic heterocycles. The first-order valence-electron chi connectivity index (χ1n) is 10.4. The Bertz CT molecular complexity index is 957. The van der Waals surface area contributed by atoms with Crippen LogP contribution in [0.25, 0.3) is 0 Å². The maximum atomic E-state index is 14.5. The van der Waals surface area contributed by atoms with Crippen molar-refractivity contribution in [1.82, 2.24) is 19.9 Å². The van der Waals surface area contributed by atoms with Crippen LogP contribution in [0.4, 0.5) is 14.6 Å². The number of ether oxygens (including phenoxy) is 1. The fourth-order valence-corrected chi connectivity index (χ4v) is 3.61. The number of nitrogens with one attached hydrogen (secondary N) is 2. The third-order valence-electron chi connectivity index (χ3n) is 5.84. The van der Waals surface area contributed by atoms with Gasteiger partial charge in [-0.05, 0) is 31.2 Å². The van der Waals surface area contributed by atoms with Gasteiger partial charge in [-0.3, -0.25) is 14.5 Å². The molecule has 31 heavy (non-hydrogen) atoms. The van der Waals surface area contributed by atoms with Crippen molar-refractivity contribution in [2.45, 2.75) is 44.1 Å². The summed E-state index contributed by atoms with van der Waals surface area (Å²) in [4.78, 5) is 36.4. The highest BCUT2D eigenvalue weighted by Gasteiger charge is 2.46. The average molecular weight is 433 g/mol. The van der Waals surface area contributed by atoms with Crippen molar-refractivity contribution < 1.29 is 18.3 Å². The number of hydrogen-bond acceptors (Lipinski definition) is 6. The number of aromatic nitrogens is 3. The lowest BCUT2D eigenvalue weighted by Crippen LogP contribution is -2.52. The zero-order valence-electron chi connectivity index (χ0n) is 17.2. The minimum Gasteiger partial charge on any atom is -0.476 e. The lowest BCUT2D eigenvalue weighted by Gasteiger charge is -2.40. The highest BCUT2D eigenvalue weighted by molar-refractivity contribution is 5.93. The van der Waals surface area contributed by atoms with Crippen LogP contribution in [0, 0.1) is 5.92 Å². The van der Waals surface area contributed by atoms with Crippen LogP contribution < -0.4 is 15.6 Å². The van der Waals surface area contributed by atoms with Gasteiger partial charge in [0.2, 0.25) is 17.3 Å². The Balaban J connectivity index is 1.37. The van der Waals surface area contributed by atoms with Crippen LogP contribution in [0.1, 0.15) is 37.7 Å². The summed E-state index contributed by atoms with van der Waals surface area (Å²) in [6, 6.07) is 2.00. The van der Waals surface area contributed by atoms with E-state index in [0.717, 1.165) is 0 Å². The summed E-state index contributed by atoms with van der Waals surface area (Å²) < 4.78 is 34.6. The molecule has 1 aliphatic carbocycles. The number of nitrogens with zero attached hydrogens (tertiary/aromatic N) is 3. The van der Waals surface area contributed by atoms with Crippen LogP contribution in [-0.4, -0.2) is 57.4 Å². The number of pyridine rings is 1. The fraction of sp³-hybridized carbons (Fsp3) is 0.524. The summed E-state index contributed by atoms with van der Waals surface area (Å²) in [6.07, 6.45) is 6.16. The predicted octanol–water partition coefficient (Wildman–Crippen LogP) is 2.41. The third kappa shape index (κ3) is 5.25. The number of halogens is 2. The van der Waals surface area contributed by atoms with Crippen LogP contribution in [0.5, 0.6) is 5.88 Å². The molecule has 1 saturated heterocycles.